The SMILES string of the molecule is COC[C@@H]1CN([C@@H]2CCN(c3cccc(Cl)c3)C2=O)CCO1. The summed E-state index contributed by atoms with van der Waals surface area (Å²) in [6.45, 7) is 3.48. The highest BCUT2D eigenvalue weighted by Crippen LogP contribution is 2.27. The van der Waals surface area contributed by atoms with Gasteiger partial charge in [-0.15, -0.1) is 0 Å². The highest BCUT2D eigenvalue weighted by Gasteiger charge is 2.38. The molecule has 0 aliphatic carbocycles. The lowest BCUT2D eigenvalue weighted by atomic mass is 10.1. The molecule has 2 atom stereocenters. The maximum Gasteiger partial charge on any atom is 0.244 e. The van der Waals surface area contributed by atoms with E-state index in [2.05, 4.69) is 4.90 Å². The molecule has 6 heteroatoms. The number of ether oxygens (including phenoxy) is 2. The molecule has 2 heterocycles. The van der Waals surface area contributed by atoms with Gasteiger partial charge in [0, 0.05) is 37.5 Å². The van der Waals surface area contributed by atoms with E-state index in [1.165, 1.54) is 0 Å². The zero-order chi connectivity index (χ0) is 15.5. The molecule has 0 unspecified atom stereocenters. The number of nitrogens with zero attached hydrogens (tertiary/aromatic N) is 2. The first kappa shape index (κ1) is 15.7. The van der Waals surface area contributed by atoms with Crippen molar-refractivity contribution in [3.63, 3.8) is 0 Å². The predicted molar refractivity (Wildman–Crippen MR) is 85.4 cm³/mol. The van der Waals surface area contributed by atoms with E-state index in [9.17, 15) is 4.79 Å². The lowest BCUT2D eigenvalue weighted by Gasteiger charge is -2.35. The number of carbonyl (C=O) groups is 1. The molecule has 2 saturated heterocycles. The highest BCUT2D eigenvalue weighted by atomic mass is 35.5. The first-order valence-electron chi connectivity index (χ1n) is 7.60. The third-order valence-corrected chi connectivity index (χ3v) is 4.50. The average Bonchev–Trinajstić information content (AvgIpc) is 2.90. The van der Waals surface area contributed by atoms with E-state index in [4.69, 9.17) is 21.1 Å². The van der Waals surface area contributed by atoms with Crippen molar-refractivity contribution in [2.24, 2.45) is 0 Å². The third-order valence-electron chi connectivity index (χ3n) is 4.26. The van der Waals surface area contributed by atoms with Crippen molar-refractivity contribution in [3.8, 4) is 0 Å². The summed E-state index contributed by atoms with van der Waals surface area (Å²) in [4.78, 5) is 16.8. The van der Waals surface area contributed by atoms with Crippen LogP contribution in [0.5, 0.6) is 0 Å². The van der Waals surface area contributed by atoms with Crippen LogP contribution in [0.25, 0.3) is 0 Å². The molecule has 0 N–H and O–H groups in total. The Balaban J connectivity index is 1.68. The summed E-state index contributed by atoms with van der Waals surface area (Å²) in [5.74, 6) is 0.153. The van der Waals surface area contributed by atoms with Gasteiger partial charge in [0.25, 0.3) is 0 Å². The largest absolute Gasteiger partial charge is 0.382 e. The van der Waals surface area contributed by atoms with Gasteiger partial charge in [0.1, 0.15) is 0 Å². The highest BCUT2D eigenvalue weighted by molar-refractivity contribution is 6.30. The summed E-state index contributed by atoms with van der Waals surface area (Å²) >= 11 is 6.03. The molecule has 2 aliphatic rings. The minimum atomic E-state index is -0.0674. The van der Waals surface area contributed by atoms with Gasteiger partial charge in [-0.2, -0.15) is 0 Å². The van der Waals surface area contributed by atoms with Crippen LogP contribution in [0.1, 0.15) is 6.42 Å². The van der Waals surface area contributed by atoms with E-state index >= 15 is 0 Å². The van der Waals surface area contributed by atoms with Crippen LogP contribution in [-0.4, -0.2) is 62.9 Å². The van der Waals surface area contributed by atoms with Crippen molar-refractivity contribution >= 4 is 23.2 Å². The third kappa shape index (κ3) is 3.27. The van der Waals surface area contributed by atoms with Gasteiger partial charge in [0.15, 0.2) is 0 Å². The maximum atomic E-state index is 12.8. The smallest absolute Gasteiger partial charge is 0.244 e. The Kier molecular flexibility index (Phi) is 4.98. The number of methoxy groups -OCH3 is 1. The van der Waals surface area contributed by atoms with Crippen LogP contribution < -0.4 is 4.90 Å². The monoisotopic (exact) mass is 324 g/mol. The van der Waals surface area contributed by atoms with Crippen molar-refractivity contribution in [1.29, 1.82) is 0 Å². The second-order valence-electron chi connectivity index (χ2n) is 5.72. The Morgan fingerprint density at radius 2 is 2.27 bits per heavy atom. The van der Waals surface area contributed by atoms with Crippen LogP contribution in [0, 0.1) is 0 Å². The van der Waals surface area contributed by atoms with Crippen molar-refractivity contribution in [3.05, 3.63) is 29.3 Å². The lowest BCUT2D eigenvalue weighted by molar-refractivity contribution is -0.126. The molecule has 1 aromatic carbocycles. The summed E-state index contributed by atoms with van der Waals surface area (Å²) in [5.41, 5.74) is 0.877. The first-order valence-corrected chi connectivity index (χ1v) is 7.98. The molecule has 5 nitrogen and oxygen atoms in total. The molecule has 22 heavy (non-hydrogen) atoms. The molecule has 3 rings (SSSR count). The molecule has 2 aliphatic heterocycles. The lowest BCUT2D eigenvalue weighted by Crippen LogP contribution is -2.51. The molecule has 1 aromatic rings. The van der Waals surface area contributed by atoms with E-state index < -0.39 is 0 Å². The molecular formula is C16H21ClN2O3. The number of amides is 1. The van der Waals surface area contributed by atoms with Gasteiger partial charge in [-0.25, -0.2) is 0 Å². The number of rotatable bonds is 4. The molecule has 0 saturated carbocycles. The van der Waals surface area contributed by atoms with E-state index in [-0.39, 0.29) is 18.1 Å². The zero-order valence-electron chi connectivity index (χ0n) is 12.7. The number of halogens is 1. The van der Waals surface area contributed by atoms with Crippen LogP contribution >= 0.6 is 11.6 Å². The number of hydrogen-bond donors (Lipinski definition) is 0. The fourth-order valence-electron chi connectivity index (χ4n) is 3.22. The molecule has 1 amide bonds. The van der Waals surface area contributed by atoms with Gasteiger partial charge in [-0.1, -0.05) is 17.7 Å². The Labute approximate surface area is 135 Å². The van der Waals surface area contributed by atoms with Crippen LogP contribution in [0.2, 0.25) is 5.02 Å². The molecule has 0 bridgehead atoms. The van der Waals surface area contributed by atoms with Crippen molar-refractivity contribution in [2.75, 3.05) is 44.9 Å². The standard InChI is InChI=1S/C16H21ClN2O3/c1-21-11-14-10-18(7-8-22-14)15-5-6-19(16(15)20)13-4-2-3-12(17)9-13/h2-4,9,14-15H,5-8,10-11H2,1H3/t14-,15+/m0/s1. The molecule has 0 radical (unpaired) electrons. The van der Waals surface area contributed by atoms with Gasteiger partial charge in [0.2, 0.25) is 5.91 Å². The quantitative estimate of drug-likeness (QED) is 0.847. The summed E-state index contributed by atoms with van der Waals surface area (Å²) < 4.78 is 10.8. The van der Waals surface area contributed by atoms with Crippen molar-refractivity contribution in [2.45, 2.75) is 18.6 Å². The van der Waals surface area contributed by atoms with E-state index in [1.54, 1.807) is 7.11 Å². The topological polar surface area (TPSA) is 42.0 Å². The Morgan fingerprint density at radius 3 is 3.05 bits per heavy atom. The first-order chi connectivity index (χ1) is 10.7. The fourth-order valence-corrected chi connectivity index (χ4v) is 3.40. The number of carbonyl (C=O) groups excluding carboxylic acids is 1. The normalized spacial score (nSPS) is 26.6. The van der Waals surface area contributed by atoms with E-state index in [0.717, 1.165) is 31.7 Å². The van der Waals surface area contributed by atoms with Crippen LogP contribution in [0.4, 0.5) is 5.69 Å². The predicted octanol–water partition coefficient (Wildman–Crippen LogP) is 1.79. The van der Waals surface area contributed by atoms with E-state index in [0.29, 0.717) is 18.2 Å². The summed E-state index contributed by atoms with van der Waals surface area (Å²) in [7, 11) is 1.67. The average molecular weight is 325 g/mol. The zero-order valence-corrected chi connectivity index (χ0v) is 13.5. The Hall–Kier alpha value is -1.14. The fraction of sp³-hybridized carbons (Fsp3) is 0.562. The molecule has 0 spiro atoms. The minimum Gasteiger partial charge on any atom is -0.382 e. The molecular weight excluding hydrogens is 304 g/mol. The van der Waals surface area contributed by atoms with Gasteiger partial charge >= 0.3 is 0 Å². The molecule has 0 aromatic heterocycles. The molecule has 120 valence electrons. The van der Waals surface area contributed by atoms with Crippen LogP contribution in [-0.2, 0) is 14.3 Å². The molecule has 2 fully saturated rings. The van der Waals surface area contributed by atoms with Gasteiger partial charge in [-0.3, -0.25) is 9.69 Å². The van der Waals surface area contributed by atoms with Gasteiger partial charge in [0.05, 0.1) is 25.4 Å². The summed E-state index contributed by atoms with van der Waals surface area (Å²) in [6.07, 6.45) is 0.886. The Morgan fingerprint density at radius 1 is 1.41 bits per heavy atom. The second-order valence-corrected chi connectivity index (χ2v) is 6.15. The van der Waals surface area contributed by atoms with Gasteiger partial charge < -0.3 is 14.4 Å². The van der Waals surface area contributed by atoms with Crippen molar-refractivity contribution in [1.82, 2.24) is 4.90 Å². The summed E-state index contributed by atoms with van der Waals surface area (Å²) in [6, 6.07) is 7.40. The number of benzene rings is 1. The summed E-state index contributed by atoms with van der Waals surface area (Å²) in [5, 5.41) is 0.653. The van der Waals surface area contributed by atoms with Crippen molar-refractivity contribution < 1.29 is 14.3 Å². The van der Waals surface area contributed by atoms with Gasteiger partial charge in [-0.05, 0) is 24.6 Å². The van der Waals surface area contributed by atoms with E-state index in [1.807, 2.05) is 29.2 Å². The minimum absolute atomic E-state index is 0.0479. The second kappa shape index (κ2) is 6.96. The Bertz CT molecular complexity index is 538. The number of morpholine rings is 1. The number of hydrogen-bond acceptors (Lipinski definition) is 4. The van der Waals surface area contributed by atoms with Crippen LogP contribution in [0.3, 0.4) is 0 Å². The maximum absolute atomic E-state index is 12.8. The number of anilines is 1. The van der Waals surface area contributed by atoms with Crippen LogP contribution in [0.15, 0.2) is 24.3 Å².